The number of hydrogen-bond donors (Lipinski definition) is 2. The minimum absolute atomic E-state index is 0.0605. The molecule has 0 spiro atoms. The van der Waals surface area contributed by atoms with Crippen LogP contribution in [-0.2, 0) is 0 Å². The van der Waals surface area contributed by atoms with Crippen molar-refractivity contribution >= 4 is 45.2 Å². The van der Waals surface area contributed by atoms with Crippen molar-refractivity contribution in [3.8, 4) is 11.5 Å². The first-order valence-electron chi connectivity index (χ1n) is 6.65. The van der Waals surface area contributed by atoms with Gasteiger partial charge in [-0.1, -0.05) is 24.3 Å². The lowest BCUT2D eigenvalue weighted by Gasteiger charge is -2.04. The number of para-hydroxylation sites is 2. The van der Waals surface area contributed by atoms with Crippen molar-refractivity contribution in [3.05, 3.63) is 55.7 Å². The van der Waals surface area contributed by atoms with Crippen molar-refractivity contribution in [3.63, 3.8) is 0 Å². The van der Waals surface area contributed by atoms with Gasteiger partial charge in [0.15, 0.2) is 0 Å². The standard InChI is InChI=1S/2C8H9IO2/c2*9-7-3-1-2-4-8(7)11-6-5-10/h2*1-4,10H,5-6H2. The SMILES string of the molecule is OCCOc1ccccc1I.OCCOc1ccccc1I. The summed E-state index contributed by atoms with van der Waals surface area (Å²) < 4.78 is 12.6. The number of halogens is 2. The molecule has 0 heterocycles. The van der Waals surface area contributed by atoms with Crippen LogP contribution in [0.4, 0.5) is 0 Å². The molecule has 4 nitrogen and oxygen atoms in total. The Hall–Kier alpha value is -0.580. The summed E-state index contributed by atoms with van der Waals surface area (Å²) in [5, 5.41) is 17.0. The van der Waals surface area contributed by atoms with Gasteiger partial charge in [-0.15, -0.1) is 0 Å². The first kappa shape index (κ1) is 19.5. The summed E-state index contributed by atoms with van der Waals surface area (Å²) in [5.74, 6) is 1.67. The van der Waals surface area contributed by atoms with E-state index in [9.17, 15) is 0 Å². The van der Waals surface area contributed by atoms with E-state index in [4.69, 9.17) is 19.7 Å². The van der Waals surface area contributed by atoms with Crippen LogP contribution in [0.1, 0.15) is 0 Å². The van der Waals surface area contributed by atoms with E-state index in [1.165, 1.54) is 0 Å². The highest BCUT2D eigenvalue weighted by Gasteiger charge is 1.97. The molecule has 0 unspecified atom stereocenters. The lowest BCUT2D eigenvalue weighted by atomic mass is 10.3. The van der Waals surface area contributed by atoms with E-state index in [0.29, 0.717) is 13.2 Å². The third kappa shape index (κ3) is 7.61. The molecule has 0 atom stereocenters. The van der Waals surface area contributed by atoms with Gasteiger partial charge in [-0.2, -0.15) is 0 Å². The second-order valence-corrected chi connectivity index (χ2v) is 6.33. The van der Waals surface area contributed by atoms with E-state index in [-0.39, 0.29) is 13.2 Å². The molecular weight excluding hydrogens is 510 g/mol. The van der Waals surface area contributed by atoms with Crippen molar-refractivity contribution in [2.45, 2.75) is 0 Å². The van der Waals surface area contributed by atoms with Crippen LogP contribution >= 0.6 is 45.2 Å². The topological polar surface area (TPSA) is 58.9 Å². The molecule has 0 bridgehead atoms. The quantitative estimate of drug-likeness (QED) is 0.566. The van der Waals surface area contributed by atoms with Crippen molar-refractivity contribution in [2.75, 3.05) is 26.4 Å². The van der Waals surface area contributed by atoms with Crippen LogP contribution in [0.5, 0.6) is 11.5 Å². The first-order valence-corrected chi connectivity index (χ1v) is 8.81. The Balaban J connectivity index is 0.000000220. The Morgan fingerprint density at radius 2 is 1.05 bits per heavy atom. The van der Waals surface area contributed by atoms with E-state index >= 15 is 0 Å². The zero-order valence-corrected chi connectivity index (χ0v) is 16.2. The molecule has 0 amide bonds. The van der Waals surface area contributed by atoms with E-state index in [1.807, 2.05) is 48.5 Å². The molecule has 0 aliphatic heterocycles. The summed E-state index contributed by atoms with van der Waals surface area (Å²) in [4.78, 5) is 0. The summed E-state index contributed by atoms with van der Waals surface area (Å²) in [7, 11) is 0. The van der Waals surface area contributed by atoms with E-state index in [2.05, 4.69) is 45.2 Å². The number of hydrogen-bond acceptors (Lipinski definition) is 4. The monoisotopic (exact) mass is 528 g/mol. The second-order valence-electron chi connectivity index (χ2n) is 4.00. The van der Waals surface area contributed by atoms with Crippen LogP contribution in [0.15, 0.2) is 48.5 Å². The summed E-state index contributed by atoms with van der Waals surface area (Å²) >= 11 is 4.39. The predicted octanol–water partition coefficient (Wildman–Crippen LogP) is 3.32. The lowest BCUT2D eigenvalue weighted by molar-refractivity contribution is 0.200. The van der Waals surface area contributed by atoms with E-state index in [1.54, 1.807) is 0 Å². The minimum Gasteiger partial charge on any atom is -0.490 e. The lowest BCUT2D eigenvalue weighted by Crippen LogP contribution is -2.02. The number of rotatable bonds is 6. The molecule has 2 N–H and O–H groups in total. The molecule has 2 aromatic rings. The summed E-state index contributed by atoms with van der Waals surface area (Å²) in [6, 6.07) is 15.4. The summed E-state index contributed by atoms with van der Waals surface area (Å²) in [6.07, 6.45) is 0. The van der Waals surface area contributed by atoms with Gasteiger partial charge in [-0.3, -0.25) is 0 Å². The van der Waals surface area contributed by atoms with Gasteiger partial charge in [0.1, 0.15) is 24.7 Å². The van der Waals surface area contributed by atoms with Crippen LogP contribution < -0.4 is 9.47 Å². The molecule has 6 heteroatoms. The smallest absolute Gasteiger partial charge is 0.132 e. The molecule has 0 radical (unpaired) electrons. The number of benzene rings is 2. The second kappa shape index (κ2) is 11.9. The molecule has 0 aliphatic rings. The Kier molecular flexibility index (Phi) is 10.5. The van der Waals surface area contributed by atoms with Crippen LogP contribution in [-0.4, -0.2) is 36.6 Å². The molecule has 0 saturated heterocycles. The van der Waals surface area contributed by atoms with Gasteiger partial charge in [0.2, 0.25) is 0 Å². The molecule has 120 valence electrons. The van der Waals surface area contributed by atoms with Gasteiger partial charge in [0, 0.05) is 0 Å². The fourth-order valence-electron chi connectivity index (χ4n) is 1.43. The van der Waals surface area contributed by atoms with Crippen LogP contribution in [0.25, 0.3) is 0 Å². The Morgan fingerprint density at radius 3 is 1.36 bits per heavy atom. The number of ether oxygens (including phenoxy) is 2. The Bertz CT molecular complexity index is 500. The highest BCUT2D eigenvalue weighted by atomic mass is 127. The number of aliphatic hydroxyl groups excluding tert-OH is 2. The van der Waals surface area contributed by atoms with Gasteiger partial charge in [0.25, 0.3) is 0 Å². The van der Waals surface area contributed by atoms with Gasteiger partial charge in [0.05, 0.1) is 20.4 Å². The normalized spacial score (nSPS) is 9.64. The predicted molar refractivity (Wildman–Crippen MR) is 103 cm³/mol. The van der Waals surface area contributed by atoms with Crippen molar-refractivity contribution in [2.24, 2.45) is 0 Å². The Morgan fingerprint density at radius 1 is 0.682 bits per heavy atom. The van der Waals surface area contributed by atoms with Crippen molar-refractivity contribution in [1.82, 2.24) is 0 Å². The third-order valence-corrected chi connectivity index (χ3v) is 4.15. The fraction of sp³-hybridized carbons (Fsp3) is 0.250. The van der Waals surface area contributed by atoms with Gasteiger partial charge in [-0.25, -0.2) is 0 Å². The third-order valence-electron chi connectivity index (χ3n) is 2.37. The average molecular weight is 528 g/mol. The zero-order chi connectivity index (χ0) is 16.2. The minimum atomic E-state index is 0.0605. The summed E-state index contributed by atoms with van der Waals surface area (Å²) in [6.45, 7) is 0.843. The zero-order valence-electron chi connectivity index (χ0n) is 11.9. The molecule has 0 aromatic heterocycles. The maximum atomic E-state index is 8.49. The first-order chi connectivity index (χ1) is 10.7. The fourth-order valence-corrected chi connectivity index (χ4v) is 2.52. The summed E-state index contributed by atoms with van der Waals surface area (Å²) in [5.41, 5.74) is 0. The van der Waals surface area contributed by atoms with E-state index in [0.717, 1.165) is 18.6 Å². The molecule has 0 fully saturated rings. The molecular formula is C16H18I2O4. The molecule has 2 aromatic carbocycles. The van der Waals surface area contributed by atoms with Crippen molar-refractivity contribution in [1.29, 1.82) is 0 Å². The van der Waals surface area contributed by atoms with Gasteiger partial charge in [-0.05, 0) is 69.4 Å². The highest BCUT2D eigenvalue weighted by Crippen LogP contribution is 2.19. The maximum absolute atomic E-state index is 8.49. The van der Waals surface area contributed by atoms with Gasteiger partial charge >= 0.3 is 0 Å². The average Bonchev–Trinajstić information content (AvgIpc) is 2.54. The molecule has 2 rings (SSSR count). The van der Waals surface area contributed by atoms with Gasteiger partial charge < -0.3 is 19.7 Å². The highest BCUT2D eigenvalue weighted by molar-refractivity contribution is 14.1. The van der Waals surface area contributed by atoms with Crippen LogP contribution in [0, 0.1) is 7.14 Å². The van der Waals surface area contributed by atoms with Crippen LogP contribution in [0.2, 0.25) is 0 Å². The molecule has 22 heavy (non-hydrogen) atoms. The number of aliphatic hydroxyl groups is 2. The van der Waals surface area contributed by atoms with E-state index < -0.39 is 0 Å². The largest absolute Gasteiger partial charge is 0.490 e. The van der Waals surface area contributed by atoms with Crippen LogP contribution in [0.3, 0.4) is 0 Å². The maximum Gasteiger partial charge on any atom is 0.132 e. The Labute approximate surface area is 157 Å². The molecule has 0 saturated carbocycles. The molecule has 0 aliphatic carbocycles. The van der Waals surface area contributed by atoms with Crippen molar-refractivity contribution < 1.29 is 19.7 Å².